The summed E-state index contributed by atoms with van der Waals surface area (Å²) < 4.78 is 1.83. The molecule has 8 nitrogen and oxygen atoms in total. The Morgan fingerprint density at radius 2 is 1.82 bits per heavy atom. The van der Waals surface area contributed by atoms with Gasteiger partial charge in [-0.1, -0.05) is 48.9 Å². The fourth-order valence-corrected chi connectivity index (χ4v) is 4.66. The first-order valence-corrected chi connectivity index (χ1v) is 11.5. The summed E-state index contributed by atoms with van der Waals surface area (Å²) in [6.45, 7) is 9.44. The highest BCUT2D eigenvalue weighted by molar-refractivity contribution is 5.79. The van der Waals surface area contributed by atoms with Gasteiger partial charge in [-0.2, -0.15) is 0 Å². The Kier molecular flexibility index (Phi) is 6.02. The third kappa shape index (κ3) is 4.44. The SMILES string of the molecule is CCN1CCN([C@H](c2cc3cc(C)ccc3[nH]c2=O)c2nnnn2Cc2ccccc2)CC1. The Bertz CT molecular complexity index is 1290. The van der Waals surface area contributed by atoms with Gasteiger partial charge in [-0.3, -0.25) is 9.69 Å². The van der Waals surface area contributed by atoms with Gasteiger partial charge in [0.15, 0.2) is 5.82 Å². The van der Waals surface area contributed by atoms with E-state index in [4.69, 9.17) is 0 Å². The summed E-state index contributed by atoms with van der Waals surface area (Å²) in [5.41, 5.74) is 3.70. The molecule has 0 aliphatic carbocycles. The maximum Gasteiger partial charge on any atom is 0.253 e. The molecule has 0 saturated carbocycles. The second-order valence-corrected chi connectivity index (χ2v) is 8.70. The largest absolute Gasteiger partial charge is 0.322 e. The summed E-state index contributed by atoms with van der Waals surface area (Å²) in [6, 6.07) is 17.9. The fraction of sp³-hybridized carbons (Fsp3) is 0.360. The molecule has 4 aromatic rings. The predicted octanol–water partition coefficient (Wildman–Crippen LogP) is 2.60. The first kappa shape index (κ1) is 21.5. The maximum absolute atomic E-state index is 13.3. The number of pyridine rings is 1. The first-order valence-electron chi connectivity index (χ1n) is 11.5. The van der Waals surface area contributed by atoms with Crippen LogP contribution in [0.15, 0.2) is 59.4 Å². The van der Waals surface area contributed by atoms with E-state index in [0.717, 1.165) is 54.8 Å². The molecule has 0 spiro atoms. The van der Waals surface area contributed by atoms with E-state index in [2.05, 4.69) is 62.4 Å². The molecule has 0 radical (unpaired) electrons. The first-order chi connectivity index (χ1) is 16.1. The topological polar surface area (TPSA) is 82.9 Å². The molecule has 33 heavy (non-hydrogen) atoms. The smallest absolute Gasteiger partial charge is 0.253 e. The van der Waals surface area contributed by atoms with Crippen LogP contribution in [0.1, 0.15) is 35.5 Å². The summed E-state index contributed by atoms with van der Waals surface area (Å²) in [4.78, 5) is 21.2. The van der Waals surface area contributed by atoms with E-state index in [-0.39, 0.29) is 11.6 Å². The number of rotatable bonds is 6. The molecule has 3 heterocycles. The van der Waals surface area contributed by atoms with E-state index in [1.54, 1.807) is 0 Å². The normalized spacial score (nSPS) is 16.3. The molecule has 1 aliphatic heterocycles. The van der Waals surface area contributed by atoms with Crippen LogP contribution in [0.3, 0.4) is 0 Å². The van der Waals surface area contributed by atoms with Crippen molar-refractivity contribution >= 4 is 10.9 Å². The summed E-state index contributed by atoms with van der Waals surface area (Å²) >= 11 is 0. The van der Waals surface area contributed by atoms with Gasteiger partial charge in [0.25, 0.3) is 5.56 Å². The minimum Gasteiger partial charge on any atom is -0.322 e. The Labute approximate surface area is 192 Å². The quantitative estimate of drug-likeness (QED) is 0.493. The number of aromatic amines is 1. The van der Waals surface area contributed by atoms with Crippen molar-refractivity contribution in [2.24, 2.45) is 0 Å². The van der Waals surface area contributed by atoms with Gasteiger partial charge < -0.3 is 9.88 Å². The molecule has 0 amide bonds. The van der Waals surface area contributed by atoms with Crippen LogP contribution in [0, 0.1) is 6.92 Å². The van der Waals surface area contributed by atoms with Gasteiger partial charge in [-0.25, -0.2) is 4.68 Å². The van der Waals surface area contributed by atoms with Crippen molar-refractivity contribution in [3.8, 4) is 0 Å². The number of aromatic nitrogens is 5. The molecule has 1 saturated heterocycles. The molecular formula is C25H29N7O. The standard InChI is InChI=1S/C25H29N7O/c1-3-30-11-13-31(14-12-30)23(21-16-20-15-18(2)9-10-22(20)26-25(21)33)24-27-28-29-32(24)17-19-7-5-4-6-8-19/h4-10,15-16,23H,3,11-14,17H2,1-2H3,(H,26,33)/t23-/m1/s1. The van der Waals surface area contributed by atoms with Crippen LogP contribution in [0.2, 0.25) is 0 Å². The van der Waals surface area contributed by atoms with Crippen LogP contribution in [0.25, 0.3) is 10.9 Å². The number of hydrogen-bond acceptors (Lipinski definition) is 6. The fourth-order valence-electron chi connectivity index (χ4n) is 4.66. The van der Waals surface area contributed by atoms with E-state index < -0.39 is 0 Å². The summed E-state index contributed by atoms with van der Waals surface area (Å²) in [5.74, 6) is 0.696. The molecule has 0 bridgehead atoms. The zero-order chi connectivity index (χ0) is 22.8. The second-order valence-electron chi connectivity index (χ2n) is 8.70. The summed E-state index contributed by atoms with van der Waals surface area (Å²) in [5, 5.41) is 13.8. The van der Waals surface area contributed by atoms with Crippen molar-refractivity contribution in [2.45, 2.75) is 26.4 Å². The lowest BCUT2D eigenvalue weighted by Crippen LogP contribution is -2.49. The van der Waals surface area contributed by atoms with Crippen LogP contribution >= 0.6 is 0 Å². The molecule has 1 atom stereocenters. The molecule has 2 aromatic carbocycles. The van der Waals surface area contributed by atoms with Crippen LogP contribution in [-0.2, 0) is 6.54 Å². The molecule has 1 fully saturated rings. The number of fused-ring (bicyclic) bond motifs is 1. The number of aryl methyl sites for hydroxylation is 1. The summed E-state index contributed by atoms with van der Waals surface area (Å²) in [7, 11) is 0. The lowest BCUT2D eigenvalue weighted by molar-refractivity contribution is 0.108. The molecule has 5 rings (SSSR count). The number of hydrogen-bond donors (Lipinski definition) is 1. The Morgan fingerprint density at radius 1 is 1.03 bits per heavy atom. The zero-order valence-corrected chi connectivity index (χ0v) is 19.1. The third-order valence-corrected chi connectivity index (χ3v) is 6.52. The van der Waals surface area contributed by atoms with Gasteiger partial charge in [-0.15, -0.1) is 5.10 Å². The number of likely N-dealkylation sites (N-methyl/N-ethyl adjacent to an activating group) is 1. The van der Waals surface area contributed by atoms with E-state index in [0.29, 0.717) is 17.9 Å². The minimum atomic E-state index is -0.323. The van der Waals surface area contributed by atoms with E-state index >= 15 is 0 Å². The summed E-state index contributed by atoms with van der Waals surface area (Å²) in [6.07, 6.45) is 0. The Morgan fingerprint density at radius 3 is 2.58 bits per heavy atom. The van der Waals surface area contributed by atoms with Crippen LogP contribution in [0.4, 0.5) is 0 Å². The predicted molar refractivity (Wildman–Crippen MR) is 128 cm³/mol. The highest BCUT2D eigenvalue weighted by Gasteiger charge is 2.32. The number of benzene rings is 2. The van der Waals surface area contributed by atoms with Gasteiger partial charge in [0, 0.05) is 37.3 Å². The van der Waals surface area contributed by atoms with Crippen molar-refractivity contribution in [3.63, 3.8) is 0 Å². The number of H-pyrrole nitrogens is 1. The van der Waals surface area contributed by atoms with Gasteiger partial charge in [0.2, 0.25) is 0 Å². The van der Waals surface area contributed by atoms with Gasteiger partial charge in [0.1, 0.15) is 6.04 Å². The number of piperazine rings is 1. The van der Waals surface area contributed by atoms with E-state index in [1.807, 2.05) is 41.1 Å². The van der Waals surface area contributed by atoms with Crippen molar-refractivity contribution < 1.29 is 0 Å². The van der Waals surface area contributed by atoms with E-state index in [9.17, 15) is 4.79 Å². The third-order valence-electron chi connectivity index (χ3n) is 6.52. The lowest BCUT2D eigenvalue weighted by atomic mass is 10.0. The Hall–Kier alpha value is -3.36. The highest BCUT2D eigenvalue weighted by atomic mass is 16.1. The number of nitrogens with one attached hydrogen (secondary N) is 1. The molecule has 8 heteroatoms. The molecule has 1 aliphatic rings. The molecule has 1 N–H and O–H groups in total. The van der Waals surface area contributed by atoms with Crippen molar-refractivity contribution in [1.82, 2.24) is 35.0 Å². The second kappa shape index (κ2) is 9.25. The van der Waals surface area contributed by atoms with E-state index in [1.165, 1.54) is 0 Å². The van der Waals surface area contributed by atoms with Gasteiger partial charge >= 0.3 is 0 Å². The lowest BCUT2D eigenvalue weighted by Gasteiger charge is -2.38. The van der Waals surface area contributed by atoms with Gasteiger partial charge in [0.05, 0.1) is 6.54 Å². The Balaban J connectivity index is 1.60. The van der Waals surface area contributed by atoms with Crippen LogP contribution in [0.5, 0.6) is 0 Å². The molecule has 0 unspecified atom stereocenters. The number of nitrogens with zero attached hydrogens (tertiary/aromatic N) is 6. The molecule has 2 aromatic heterocycles. The van der Waals surface area contributed by atoms with Crippen LogP contribution in [-0.4, -0.2) is 67.7 Å². The minimum absolute atomic E-state index is 0.0939. The van der Waals surface area contributed by atoms with Crippen LogP contribution < -0.4 is 5.56 Å². The average Bonchev–Trinajstić information content (AvgIpc) is 3.28. The molecular weight excluding hydrogens is 414 g/mol. The molecule has 170 valence electrons. The zero-order valence-electron chi connectivity index (χ0n) is 19.1. The van der Waals surface area contributed by atoms with Gasteiger partial charge in [-0.05, 0) is 53.0 Å². The van der Waals surface area contributed by atoms with Crippen molar-refractivity contribution in [1.29, 1.82) is 0 Å². The average molecular weight is 444 g/mol. The highest BCUT2D eigenvalue weighted by Crippen LogP contribution is 2.28. The van der Waals surface area contributed by atoms with Crippen molar-refractivity contribution in [2.75, 3.05) is 32.7 Å². The number of tetrazole rings is 1. The van der Waals surface area contributed by atoms with Crippen molar-refractivity contribution in [3.05, 3.63) is 87.5 Å². The monoisotopic (exact) mass is 443 g/mol. The maximum atomic E-state index is 13.3.